The van der Waals surface area contributed by atoms with E-state index in [2.05, 4.69) is 6.92 Å². The van der Waals surface area contributed by atoms with Gasteiger partial charge >= 0.3 is 0 Å². The molecule has 0 heterocycles. The Labute approximate surface area is 100.0 Å². The molecule has 0 radical (unpaired) electrons. The van der Waals surface area contributed by atoms with Gasteiger partial charge in [-0.15, -0.1) is 0 Å². The molecule has 92 valence electrons. The Morgan fingerprint density at radius 1 is 0.875 bits per heavy atom. The maximum absolute atomic E-state index is 10.7. The molecule has 0 aromatic heterocycles. The van der Waals surface area contributed by atoms with Crippen LogP contribution < -0.4 is 0 Å². The molecule has 2 saturated carbocycles. The average molecular weight is 222 g/mol. The van der Waals surface area contributed by atoms with Crippen LogP contribution in [0.1, 0.15) is 64.7 Å². The molecule has 2 rings (SSSR count). The molecule has 2 fully saturated rings. The quantitative estimate of drug-likeness (QED) is 0.654. The van der Waals surface area contributed by atoms with Crippen molar-refractivity contribution in [3.8, 4) is 0 Å². The Balaban J connectivity index is 1.68. The van der Waals surface area contributed by atoms with E-state index < -0.39 is 0 Å². The van der Waals surface area contributed by atoms with Crippen LogP contribution in [0.2, 0.25) is 0 Å². The van der Waals surface area contributed by atoms with Gasteiger partial charge in [-0.25, -0.2) is 0 Å². The van der Waals surface area contributed by atoms with Gasteiger partial charge in [-0.1, -0.05) is 32.6 Å². The fourth-order valence-electron chi connectivity index (χ4n) is 3.60. The van der Waals surface area contributed by atoms with Crippen LogP contribution in [0.4, 0.5) is 0 Å². The van der Waals surface area contributed by atoms with Gasteiger partial charge in [0.15, 0.2) is 0 Å². The molecule has 0 saturated heterocycles. The Morgan fingerprint density at radius 3 is 1.88 bits per heavy atom. The van der Waals surface area contributed by atoms with Crippen LogP contribution in [0.25, 0.3) is 0 Å². The predicted molar refractivity (Wildman–Crippen MR) is 67.3 cm³/mol. The lowest BCUT2D eigenvalue weighted by molar-refractivity contribution is -0.112. The van der Waals surface area contributed by atoms with Crippen LogP contribution >= 0.6 is 0 Å². The van der Waals surface area contributed by atoms with Gasteiger partial charge < -0.3 is 4.79 Å². The van der Waals surface area contributed by atoms with Crippen molar-refractivity contribution in [2.75, 3.05) is 0 Å². The van der Waals surface area contributed by atoms with Gasteiger partial charge in [0.05, 0.1) is 0 Å². The van der Waals surface area contributed by atoms with Crippen molar-refractivity contribution in [2.45, 2.75) is 64.7 Å². The third kappa shape index (κ3) is 3.33. The summed E-state index contributed by atoms with van der Waals surface area (Å²) in [6.45, 7) is 2.39. The van der Waals surface area contributed by atoms with E-state index in [0.717, 1.165) is 30.6 Å². The molecule has 0 aliphatic heterocycles. The summed E-state index contributed by atoms with van der Waals surface area (Å²) in [6, 6.07) is 0. The first-order chi connectivity index (χ1) is 7.78. The first-order valence-corrected chi connectivity index (χ1v) is 7.23. The van der Waals surface area contributed by atoms with Gasteiger partial charge in [0.25, 0.3) is 0 Å². The lowest BCUT2D eigenvalue weighted by Crippen LogP contribution is -2.20. The Bertz CT molecular complexity index is 207. The summed E-state index contributed by atoms with van der Waals surface area (Å²) in [5, 5.41) is 0. The molecule has 0 aromatic carbocycles. The van der Waals surface area contributed by atoms with E-state index in [1.165, 1.54) is 51.2 Å². The van der Waals surface area contributed by atoms with Crippen molar-refractivity contribution in [3.63, 3.8) is 0 Å². The molecule has 1 nitrogen and oxygen atoms in total. The second-order valence-electron chi connectivity index (χ2n) is 6.28. The second-order valence-corrected chi connectivity index (χ2v) is 6.28. The summed E-state index contributed by atoms with van der Waals surface area (Å²) in [4.78, 5) is 10.7. The topological polar surface area (TPSA) is 17.1 Å². The van der Waals surface area contributed by atoms with Crippen LogP contribution in [-0.2, 0) is 4.79 Å². The van der Waals surface area contributed by atoms with Crippen LogP contribution in [0.3, 0.4) is 0 Å². The van der Waals surface area contributed by atoms with E-state index in [1.54, 1.807) is 0 Å². The highest BCUT2D eigenvalue weighted by Crippen LogP contribution is 2.37. The molecule has 1 heteroatoms. The maximum atomic E-state index is 10.7. The van der Waals surface area contributed by atoms with Crippen LogP contribution in [0.15, 0.2) is 0 Å². The standard InChI is InChI=1S/C15H26O/c1-12-2-4-13(5-3-12)10-14-6-8-15(11-16)9-7-14/h11-15H,2-10H2,1H3. The Hall–Kier alpha value is -0.330. The molecule has 0 spiro atoms. The van der Waals surface area contributed by atoms with Crippen molar-refractivity contribution in [3.05, 3.63) is 0 Å². The summed E-state index contributed by atoms with van der Waals surface area (Å²) in [6.07, 6.45) is 13.4. The normalized spacial score (nSPS) is 40.6. The highest BCUT2D eigenvalue weighted by Gasteiger charge is 2.25. The maximum Gasteiger partial charge on any atom is 0.123 e. The minimum Gasteiger partial charge on any atom is -0.303 e. The van der Waals surface area contributed by atoms with Crippen LogP contribution in [0, 0.1) is 23.7 Å². The monoisotopic (exact) mass is 222 g/mol. The fraction of sp³-hybridized carbons (Fsp3) is 0.933. The van der Waals surface area contributed by atoms with Gasteiger partial charge in [0.1, 0.15) is 6.29 Å². The zero-order valence-electron chi connectivity index (χ0n) is 10.7. The average Bonchev–Trinajstić information content (AvgIpc) is 2.33. The summed E-state index contributed by atoms with van der Waals surface area (Å²) in [7, 11) is 0. The first-order valence-electron chi connectivity index (χ1n) is 7.23. The summed E-state index contributed by atoms with van der Waals surface area (Å²) >= 11 is 0. The molecular weight excluding hydrogens is 196 g/mol. The zero-order chi connectivity index (χ0) is 11.4. The summed E-state index contributed by atoms with van der Waals surface area (Å²) in [5.41, 5.74) is 0. The highest BCUT2D eigenvalue weighted by atomic mass is 16.1. The third-order valence-electron chi connectivity index (χ3n) is 4.89. The molecule has 0 atom stereocenters. The van der Waals surface area contributed by atoms with Gasteiger partial charge in [-0.05, 0) is 49.9 Å². The Morgan fingerprint density at radius 2 is 1.38 bits per heavy atom. The number of hydrogen-bond acceptors (Lipinski definition) is 1. The van der Waals surface area contributed by atoms with Crippen molar-refractivity contribution >= 4 is 6.29 Å². The largest absolute Gasteiger partial charge is 0.303 e. The van der Waals surface area contributed by atoms with Gasteiger partial charge in [0.2, 0.25) is 0 Å². The molecule has 2 aliphatic rings. The number of aldehydes is 1. The van der Waals surface area contributed by atoms with Gasteiger partial charge in [-0.2, -0.15) is 0 Å². The molecule has 2 aliphatic carbocycles. The van der Waals surface area contributed by atoms with Gasteiger partial charge in [-0.3, -0.25) is 0 Å². The smallest absolute Gasteiger partial charge is 0.123 e. The minimum atomic E-state index is 0.391. The van der Waals surface area contributed by atoms with E-state index in [1.807, 2.05) is 0 Å². The lowest BCUT2D eigenvalue weighted by atomic mass is 9.74. The molecule has 0 aromatic rings. The van der Waals surface area contributed by atoms with Crippen molar-refractivity contribution < 1.29 is 4.79 Å². The number of carbonyl (C=O) groups excluding carboxylic acids is 1. The van der Waals surface area contributed by atoms with Gasteiger partial charge in [0, 0.05) is 5.92 Å². The second kappa shape index (κ2) is 5.84. The summed E-state index contributed by atoms with van der Waals surface area (Å²) < 4.78 is 0. The predicted octanol–water partition coefficient (Wildman–Crippen LogP) is 4.21. The van der Waals surface area contributed by atoms with Crippen molar-refractivity contribution in [1.29, 1.82) is 0 Å². The summed E-state index contributed by atoms with van der Waals surface area (Å²) in [5.74, 6) is 3.31. The SMILES string of the molecule is CC1CCC(CC2CCC(C=O)CC2)CC1. The van der Waals surface area contributed by atoms with Crippen molar-refractivity contribution in [2.24, 2.45) is 23.7 Å². The van der Waals surface area contributed by atoms with Crippen LogP contribution in [-0.4, -0.2) is 6.29 Å². The molecule has 16 heavy (non-hydrogen) atoms. The third-order valence-corrected chi connectivity index (χ3v) is 4.89. The Kier molecular flexibility index (Phi) is 4.43. The van der Waals surface area contributed by atoms with E-state index >= 15 is 0 Å². The number of rotatable bonds is 3. The van der Waals surface area contributed by atoms with E-state index in [0.29, 0.717) is 5.92 Å². The number of carbonyl (C=O) groups is 1. The van der Waals surface area contributed by atoms with E-state index in [9.17, 15) is 4.79 Å². The zero-order valence-corrected chi connectivity index (χ0v) is 10.7. The number of hydrogen-bond donors (Lipinski definition) is 0. The minimum absolute atomic E-state index is 0.391. The highest BCUT2D eigenvalue weighted by molar-refractivity contribution is 5.53. The molecule has 0 amide bonds. The first kappa shape index (κ1) is 12.1. The molecule has 0 N–H and O–H groups in total. The lowest BCUT2D eigenvalue weighted by Gasteiger charge is -2.32. The van der Waals surface area contributed by atoms with Crippen LogP contribution in [0.5, 0.6) is 0 Å². The molecule has 0 bridgehead atoms. The van der Waals surface area contributed by atoms with E-state index in [-0.39, 0.29) is 0 Å². The molecule has 0 unspecified atom stereocenters. The fourth-order valence-corrected chi connectivity index (χ4v) is 3.60. The molecular formula is C15H26O. The van der Waals surface area contributed by atoms with E-state index in [4.69, 9.17) is 0 Å². The van der Waals surface area contributed by atoms with Crippen molar-refractivity contribution in [1.82, 2.24) is 0 Å².